The molecular weight excluding hydrogens is 410 g/mol. The van der Waals surface area contributed by atoms with E-state index in [0.717, 1.165) is 21.9 Å². The number of carbonyl (C=O) groups is 1. The second kappa shape index (κ2) is 8.04. The molecule has 31 heavy (non-hydrogen) atoms. The third-order valence-corrected chi connectivity index (χ3v) is 5.55. The molecule has 152 valence electrons. The molecule has 5 rings (SSSR count). The fraction of sp³-hybridized carbons (Fsp3) is 0.0417. The lowest BCUT2D eigenvalue weighted by Crippen LogP contribution is -2.21. The Morgan fingerprint density at radius 2 is 1.90 bits per heavy atom. The van der Waals surface area contributed by atoms with Gasteiger partial charge in [-0.25, -0.2) is 9.98 Å². The van der Waals surface area contributed by atoms with Gasteiger partial charge in [-0.2, -0.15) is 0 Å². The fourth-order valence-corrected chi connectivity index (χ4v) is 3.87. The summed E-state index contributed by atoms with van der Waals surface area (Å²) in [7, 11) is 1.61. The summed E-state index contributed by atoms with van der Waals surface area (Å²) >= 11 is 1.35. The number of amides is 1. The molecule has 2 aromatic heterocycles. The molecule has 1 N–H and O–H groups in total. The molecule has 0 aliphatic carbocycles. The number of ether oxygens (including phenoxy) is 1. The van der Waals surface area contributed by atoms with Crippen molar-refractivity contribution >= 4 is 49.8 Å². The zero-order chi connectivity index (χ0) is 21.2. The predicted octanol–water partition coefficient (Wildman–Crippen LogP) is 5.54. The average Bonchev–Trinajstić information content (AvgIpc) is 3.32. The Labute approximate surface area is 181 Å². The third kappa shape index (κ3) is 3.78. The van der Waals surface area contributed by atoms with Crippen molar-refractivity contribution in [1.82, 2.24) is 4.98 Å². The molecule has 0 atom stereocenters. The van der Waals surface area contributed by atoms with Gasteiger partial charge in [0.25, 0.3) is 5.91 Å². The molecule has 0 aliphatic rings. The number of hydrogen-bond acceptors (Lipinski definition) is 6. The molecule has 0 saturated carbocycles. The molecule has 7 heteroatoms. The van der Waals surface area contributed by atoms with E-state index in [-0.39, 0.29) is 11.5 Å². The highest BCUT2D eigenvalue weighted by molar-refractivity contribution is 7.13. The zero-order valence-electron chi connectivity index (χ0n) is 16.5. The molecular formula is C24H17N3O3S. The van der Waals surface area contributed by atoms with Crippen molar-refractivity contribution in [1.29, 1.82) is 0 Å². The van der Waals surface area contributed by atoms with Gasteiger partial charge in [0.1, 0.15) is 16.9 Å². The van der Waals surface area contributed by atoms with Gasteiger partial charge < -0.3 is 9.15 Å². The van der Waals surface area contributed by atoms with Gasteiger partial charge in [-0.05, 0) is 47.2 Å². The highest BCUT2D eigenvalue weighted by Gasteiger charge is 2.15. The summed E-state index contributed by atoms with van der Waals surface area (Å²) in [5.41, 5.74) is 1.85. The maximum atomic E-state index is 13.1. The molecule has 0 spiro atoms. The molecule has 0 radical (unpaired) electrons. The van der Waals surface area contributed by atoms with E-state index in [0.29, 0.717) is 22.0 Å². The summed E-state index contributed by atoms with van der Waals surface area (Å²) in [6, 6.07) is 20.9. The molecule has 0 unspecified atom stereocenters. The lowest BCUT2D eigenvalue weighted by atomic mass is 10.0. The number of hydrogen-bond donors (Lipinski definition) is 1. The number of nitrogens with one attached hydrogen (secondary N) is 1. The Morgan fingerprint density at radius 1 is 1.06 bits per heavy atom. The van der Waals surface area contributed by atoms with Crippen LogP contribution >= 0.6 is 11.3 Å². The number of thiazole rings is 1. The first-order chi connectivity index (χ1) is 15.2. The van der Waals surface area contributed by atoms with Crippen molar-refractivity contribution in [3.8, 4) is 5.75 Å². The molecule has 3 aromatic carbocycles. The van der Waals surface area contributed by atoms with Crippen molar-refractivity contribution in [2.45, 2.75) is 0 Å². The van der Waals surface area contributed by atoms with Crippen molar-refractivity contribution in [3.05, 3.63) is 89.4 Å². The molecule has 2 heterocycles. The van der Waals surface area contributed by atoms with Gasteiger partial charge in [-0.15, -0.1) is 11.3 Å². The van der Waals surface area contributed by atoms with Crippen LogP contribution in [0.25, 0.3) is 21.7 Å². The van der Waals surface area contributed by atoms with Crippen LogP contribution in [0.5, 0.6) is 5.75 Å². The van der Waals surface area contributed by atoms with Gasteiger partial charge >= 0.3 is 0 Å². The van der Waals surface area contributed by atoms with E-state index in [1.807, 2.05) is 54.6 Å². The highest BCUT2D eigenvalue weighted by atomic mass is 32.1. The van der Waals surface area contributed by atoms with Gasteiger partial charge in [0.2, 0.25) is 5.55 Å². The molecule has 6 nitrogen and oxygen atoms in total. The van der Waals surface area contributed by atoms with Gasteiger partial charge in [-0.3, -0.25) is 10.1 Å². The quantitative estimate of drug-likeness (QED) is 0.382. The first kappa shape index (κ1) is 19.0. The average molecular weight is 427 g/mol. The number of nitrogens with zero attached hydrogens (tertiary/aromatic N) is 2. The van der Waals surface area contributed by atoms with Crippen LogP contribution in [0.1, 0.15) is 10.4 Å². The second-order valence-electron chi connectivity index (χ2n) is 6.76. The SMILES string of the molecule is COc1ccc(N=c2oc3ccc4ccccc4c3cc2C(=O)Nc2nccs2)cc1. The zero-order valence-corrected chi connectivity index (χ0v) is 17.3. The van der Waals surface area contributed by atoms with E-state index in [4.69, 9.17) is 9.15 Å². The predicted molar refractivity (Wildman–Crippen MR) is 122 cm³/mol. The van der Waals surface area contributed by atoms with Gasteiger partial charge in [0, 0.05) is 17.0 Å². The van der Waals surface area contributed by atoms with Gasteiger partial charge in [0.05, 0.1) is 12.8 Å². The first-order valence-corrected chi connectivity index (χ1v) is 10.4. The lowest BCUT2D eigenvalue weighted by molar-refractivity contribution is 0.102. The van der Waals surface area contributed by atoms with Crippen LogP contribution in [0.4, 0.5) is 10.8 Å². The van der Waals surface area contributed by atoms with E-state index in [1.165, 1.54) is 11.3 Å². The summed E-state index contributed by atoms with van der Waals surface area (Å²) in [6.45, 7) is 0. The molecule has 0 fully saturated rings. The van der Waals surface area contributed by atoms with E-state index < -0.39 is 0 Å². The minimum Gasteiger partial charge on any atom is -0.497 e. The Kier molecular flexibility index (Phi) is 4.93. The summed E-state index contributed by atoms with van der Waals surface area (Å²) in [6.07, 6.45) is 1.64. The van der Waals surface area contributed by atoms with E-state index in [9.17, 15) is 4.79 Å². The number of benzene rings is 3. The number of anilines is 1. The Hall–Kier alpha value is -3.97. The number of rotatable bonds is 4. The van der Waals surface area contributed by atoms with Crippen LogP contribution in [-0.2, 0) is 0 Å². The number of methoxy groups -OCH3 is 1. The Balaban J connectivity index is 1.72. The van der Waals surface area contributed by atoms with Crippen LogP contribution in [0.2, 0.25) is 0 Å². The van der Waals surface area contributed by atoms with Crippen LogP contribution in [0, 0.1) is 0 Å². The normalized spacial score (nSPS) is 11.7. The topological polar surface area (TPSA) is 76.7 Å². The summed E-state index contributed by atoms with van der Waals surface area (Å²) in [4.78, 5) is 21.9. The maximum Gasteiger partial charge on any atom is 0.262 e. The number of fused-ring (bicyclic) bond motifs is 3. The standard InChI is InChI=1S/C24H17N3O3S/c1-29-17-9-7-16(8-10-17)26-23-20(22(28)27-24-25-12-13-31-24)14-19-18-5-3-2-4-15(18)6-11-21(19)30-23/h2-14H,1H3,(H,25,27,28). The molecule has 0 aliphatic heterocycles. The molecule has 0 bridgehead atoms. The third-order valence-electron chi connectivity index (χ3n) is 4.86. The van der Waals surface area contributed by atoms with Crippen LogP contribution in [0.3, 0.4) is 0 Å². The van der Waals surface area contributed by atoms with Crippen LogP contribution in [0.15, 0.2) is 87.7 Å². The maximum absolute atomic E-state index is 13.1. The minimum atomic E-state index is -0.333. The van der Waals surface area contributed by atoms with Crippen molar-refractivity contribution in [2.24, 2.45) is 4.99 Å². The summed E-state index contributed by atoms with van der Waals surface area (Å²) in [5.74, 6) is 0.392. The number of carbonyl (C=O) groups excluding carboxylic acids is 1. The second-order valence-corrected chi connectivity index (χ2v) is 7.66. The summed E-state index contributed by atoms with van der Waals surface area (Å²) < 4.78 is 11.3. The Bertz CT molecular complexity index is 1460. The Morgan fingerprint density at radius 3 is 2.68 bits per heavy atom. The first-order valence-electron chi connectivity index (χ1n) is 9.56. The fourth-order valence-electron chi connectivity index (χ4n) is 3.35. The van der Waals surface area contributed by atoms with Crippen LogP contribution < -0.4 is 15.6 Å². The highest BCUT2D eigenvalue weighted by Crippen LogP contribution is 2.26. The van der Waals surface area contributed by atoms with Crippen LogP contribution in [-0.4, -0.2) is 18.0 Å². The monoisotopic (exact) mass is 427 g/mol. The number of aromatic nitrogens is 1. The van der Waals surface area contributed by atoms with E-state index >= 15 is 0 Å². The van der Waals surface area contributed by atoms with Crippen molar-refractivity contribution < 1.29 is 13.9 Å². The van der Waals surface area contributed by atoms with E-state index in [1.54, 1.807) is 30.8 Å². The van der Waals surface area contributed by atoms with Crippen molar-refractivity contribution in [3.63, 3.8) is 0 Å². The summed E-state index contributed by atoms with van der Waals surface area (Å²) in [5, 5.41) is 8.05. The molecule has 5 aromatic rings. The van der Waals surface area contributed by atoms with Gasteiger partial charge in [-0.1, -0.05) is 30.3 Å². The van der Waals surface area contributed by atoms with Crippen molar-refractivity contribution in [2.75, 3.05) is 12.4 Å². The van der Waals surface area contributed by atoms with E-state index in [2.05, 4.69) is 15.3 Å². The molecule has 0 saturated heterocycles. The largest absolute Gasteiger partial charge is 0.497 e. The molecule has 1 amide bonds. The van der Waals surface area contributed by atoms with Gasteiger partial charge in [0.15, 0.2) is 5.13 Å². The lowest BCUT2D eigenvalue weighted by Gasteiger charge is -2.07. The smallest absolute Gasteiger partial charge is 0.262 e. The minimum absolute atomic E-state index is 0.224.